The highest BCUT2D eigenvalue weighted by atomic mass is 35.5. The van der Waals surface area contributed by atoms with Crippen LogP contribution in [-0.4, -0.2) is 17.4 Å². The number of benzene rings is 1. The standard InChI is InChI=1S/C17H20N2O.ClH/c1-12-9-13(2)16(14(3)10-12)6-8-19-17(20)15-5-4-7-18-11-15;/h4-5,7,9-11H,6,8H2,1-3H3,(H,19,20);1H. The van der Waals surface area contributed by atoms with Crippen LogP contribution in [0.1, 0.15) is 32.6 Å². The second kappa shape index (κ2) is 7.79. The fraction of sp³-hybridized carbons (Fsp3) is 0.294. The highest BCUT2D eigenvalue weighted by molar-refractivity contribution is 5.93. The molecule has 0 aliphatic rings. The van der Waals surface area contributed by atoms with E-state index in [9.17, 15) is 4.79 Å². The van der Waals surface area contributed by atoms with Crippen LogP contribution in [0.2, 0.25) is 0 Å². The molecule has 3 nitrogen and oxygen atoms in total. The molecule has 0 fully saturated rings. The summed E-state index contributed by atoms with van der Waals surface area (Å²) in [6, 6.07) is 7.91. The Labute approximate surface area is 132 Å². The molecule has 0 bridgehead atoms. The predicted molar refractivity (Wildman–Crippen MR) is 88.2 cm³/mol. The van der Waals surface area contributed by atoms with Crippen molar-refractivity contribution in [2.24, 2.45) is 0 Å². The maximum absolute atomic E-state index is 11.9. The lowest BCUT2D eigenvalue weighted by Gasteiger charge is -2.12. The summed E-state index contributed by atoms with van der Waals surface area (Å²) in [5.41, 5.74) is 5.78. The molecule has 1 N–H and O–H groups in total. The SMILES string of the molecule is Cc1cc(C)c(CCNC(=O)c2cccnc2)c(C)c1.Cl. The molecule has 0 aliphatic carbocycles. The van der Waals surface area contributed by atoms with E-state index in [1.807, 2.05) is 0 Å². The number of carbonyl (C=O) groups is 1. The first-order chi connectivity index (χ1) is 9.58. The molecule has 112 valence electrons. The number of carbonyl (C=O) groups excluding carboxylic acids is 1. The van der Waals surface area contributed by atoms with E-state index in [0.717, 1.165) is 6.42 Å². The number of hydrogen-bond donors (Lipinski definition) is 1. The van der Waals surface area contributed by atoms with Crippen LogP contribution in [0.5, 0.6) is 0 Å². The molecule has 1 amide bonds. The number of hydrogen-bond acceptors (Lipinski definition) is 2. The van der Waals surface area contributed by atoms with Crippen molar-refractivity contribution in [1.29, 1.82) is 0 Å². The van der Waals surface area contributed by atoms with Gasteiger partial charge in [-0.3, -0.25) is 9.78 Å². The fourth-order valence-electron chi connectivity index (χ4n) is 2.50. The van der Waals surface area contributed by atoms with Gasteiger partial charge in [-0.1, -0.05) is 17.7 Å². The van der Waals surface area contributed by atoms with Crippen molar-refractivity contribution in [2.45, 2.75) is 27.2 Å². The Morgan fingerprint density at radius 3 is 2.43 bits per heavy atom. The molecule has 1 aromatic heterocycles. The van der Waals surface area contributed by atoms with Gasteiger partial charge in [0.25, 0.3) is 5.91 Å². The van der Waals surface area contributed by atoms with Crippen LogP contribution in [0.4, 0.5) is 0 Å². The van der Waals surface area contributed by atoms with Gasteiger partial charge in [-0.2, -0.15) is 0 Å². The van der Waals surface area contributed by atoms with Gasteiger partial charge in [-0.15, -0.1) is 12.4 Å². The number of aromatic nitrogens is 1. The van der Waals surface area contributed by atoms with Gasteiger partial charge >= 0.3 is 0 Å². The largest absolute Gasteiger partial charge is 0.352 e. The van der Waals surface area contributed by atoms with E-state index in [1.54, 1.807) is 24.5 Å². The van der Waals surface area contributed by atoms with Crippen LogP contribution >= 0.6 is 12.4 Å². The van der Waals surface area contributed by atoms with Crippen molar-refractivity contribution < 1.29 is 4.79 Å². The van der Waals surface area contributed by atoms with Gasteiger partial charge < -0.3 is 5.32 Å². The Morgan fingerprint density at radius 2 is 1.86 bits per heavy atom. The summed E-state index contributed by atoms with van der Waals surface area (Å²) in [5, 5.41) is 2.94. The molecule has 0 saturated heterocycles. The van der Waals surface area contributed by atoms with E-state index < -0.39 is 0 Å². The minimum absolute atomic E-state index is 0. The van der Waals surface area contributed by atoms with E-state index in [0.29, 0.717) is 12.1 Å². The zero-order chi connectivity index (χ0) is 14.5. The lowest BCUT2D eigenvalue weighted by atomic mass is 9.97. The molecule has 0 unspecified atom stereocenters. The first-order valence-electron chi connectivity index (χ1n) is 6.83. The molecule has 0 spiro atoms. The number of nitrogens with zero attached hydrogens (tertiary/aromatic N) is 1. The molecule has 1 aromatic carbocycles. The van der Waals surface area contributed by atoms with Crippen LogP contribution in [0, 0.1) is 20.8 Å². The Kier molecular flexibility index (Phi) is 6.38. The van der Waals surface area contributed by atoms with Crippen LogP contribution in [-0.2, 0) is 6.42 Å². The number of amides is 1. The molecule has 2 aromatic rings. The first-order valence-corrected chi connectivity index (χ1v) is 6.83. The predicted octanol–water partition coefficient (Wildman–Crippen LogP) is 3.40. The third kappa shape index (κ3) is 4.57. The molecule has 0 atom stereocenters. The fourth-order valence-corrected chi connectivity index (χ4v) is 2.50. The van der Waals surface area contributed by atoms with E-state index >= 15 is 0 Å². The molecule has 21 heavy (non-hydrogen) atoms. The summed E-state index contributed by atoms with van der Waals surface area (Å²) in [6.07, 6.45) is 4.09. The second-order valence-electron chi connectivity index (χ2n) is 5.12. The van der Waals surface area contributed by atoms with Crippen LogP contribution < -0.4 is 5.32 Å². The first kappa shape index (κ1) is 17.2. The van der Waals surface area contributed by atoms with Crippen molar-refractivity contribution in [1.82, 2.24) is 10.3 Å². The average molecular weight is 305 g/mol. The van der Waals surface area contributed by atoms with E-state index in [-0.39, 0.29) is 18.3 Å². The summed E-state index contributed by atoms with van der Waals surface area (Å²) in [5.74, 6) is -0.0690. The molecule has 2 rings (SSSR count). The average Bonchev–Trinajstić information content (AvgIpc) is 2.42. The number of nitrogens with one attached hydrogen (secondary N) is 1. The summed E-state index contributed by atoms with van der Waals surface area (Å²) in [4.78, 5) is 15.9. The van der Waals surface area contributed by atoms with Crippen molar-refractivity contribution in [2.75, 3.05) is 6.54 Å². The number of halogens is 1. The Balaban J connectivity index is 0.00000220. The summed E-state index contributed by atoms with van der Waals surface area (Å²) < 4.78 is 0. The monoisotopic (exact) mass is 304 g/mol. The topological polar surface area (TPSA) is 42.0 Å². The zero-order valence-corrected chi connectivity index (χ0v) is 13.5. The third-order valence-electron chi connectivity index (χ3n) is 3.42. The Bertz CT molecular complexity index is 588. The third-order valence-corrected chi connectivity index (χ3v) is 3.42. The van der Waals surface area contributed by atoms with Crippen molar-refractivity contribution in [3.63, 3.8) is 0 Å². The minimum atomic E-state index is -0.0690. The van der Waals surface area contributed by atoms with Crippen molar-refractivity contribution in [3.05, 3.63) is 64.5 Å². The van der Waals surface area contributed by atoms with Gasteiger partial charge in [0, 0.05) is 18.9 Å². The Hall–Kier alpha value is -1.87. The minimum Gasteiger partial charge on any atom is -0.352 e. The lowest BCUT2D eigenvalue weighted by molar-refractivity contribution is 0.0953. The molecule has 1 heterocycles. The normalized spacial score (nSPS) is 9.86. The highest BCUT2D eigenvalue weighted by Gasteiger charge is 2.07. The van der Waals surface area contributed by atoms with Gasteiger partial charge in [0.05, 0.1) is 5.56 Å². The number of aryl methyl sites for hydroxylation is 3. The molecule has 4 heteroatoms. The number of pyridine rings is 1. The summed E-state index contributed by atoms with van der Waals surface area (Å²) >= 11 is 0. The van der Waals surface area contributed by atoms with Gasteiger partial charge in [0.15, 0.2) is 0 Å². The van der Waals surface area contributed by atoms with Crippen LogP contribution in [0.25, 0.3) is 0 Å². The van der Waals surface area contributed by atoms with Gasteiger partial charge in [-0.05, 0) is 56.0 Å². The van der Waals surface area contributed by atoms with Crippen molar-refractivity contribution in [3.8, 4) is 0 Å². The van der Waals surface area contributed by atoms with E-state index in [1.165, 1.54) is 22.3 Å². The smallest absolute Gasteiger partial charge is 0.252 e. The Morgan fingerprint density at radius 1 is 1.19 bits per heavy atom. The van der Waals surface area contributed by atoms with E-state index in [2.05, 4.69) is 43.2 Å². The second-order valence-corrected chi connectivity index (χ2v) is 5.12. The maximum atomic E-state index is 11.9. The van der Waals surface area contributed by atoms with Gasteiger partial charge in [0.1, 0.15) is 0 Å². The van der Waals surface area contributed by atoms with Crippen LogP contribution in [0.15, 0.2) is 36.7 Å². The molecule has 0 saturated carbocycles. The summed E-state index contributed by atoms with van der Waals surface area (Å²) in [6.45, 7) is 6.99. The van der Waals surface area contributed by atoms with Crippen LogP contribution in [0.3, 0.4) is 0 Å². The van der Waals surface area contributed by atoms with Gasteiger partial charge in [-0.25, -0.2) is 0 Å². The summed E-state index contributed by atoms with van der Waals surface area (Å²) in [7, 11) is 0. The molecule has 0 radical (unpaired) electrons. The maximum Gasteiger partial charge on any atom is 0.252 e. The number of rotatable bonds is 4. The molecular weight excluding hydrogens is 284 g/mol. The lowest BCUT2D eigenvalue weighted by Crippen LogP contribution is -2.26. The van der Waals surface area contributed by atoms with E-state index in [4.69, 9.17) is 0 Å². The van der Waals surface area contributed by atoms with Crippen molar-refractivity contribution >= 4 is 18.3 Å². The molecule has 0 aliphatic heterocycles. The molecular formula is C17H21ClN2O. The quantitative estimate of drug-likeness (QED) is 0.940. The highest BCUT2D eigenvalue weighted by Crippen LogP contribution is 2.16. The van der Waals surface area contributed by atoms with Gasteiger partial charge in [0.2, 0.25) is 0 Å². The zero-order valence-electron chi connectivity index (χ0n) is 12.6.